The highest BCUT2D eigenvalue weighted by Crippen LogP contribution is 2.23. The van der Waals surface area contributed by atoms with Gasteiger partial charge in [-0.15, -0.1) is 0 Å². The highest BCUT2D eigenvalue weighted by Gasteiger charge is 2.06. The summed E-state index contributed by atoms with van der Waals surface area (Å²) in [6, 6.07) is 18.0. The Morgan fingerprint density at radius 1 is 1.08 bits per heavy atom. The van der Waals surface area contributed by atoms with Crippen LogP contribution in [0.15, 0.2) is 64.0 Å². The third-order valence-electron chi connectivity index (χ3n) is 3.55. The van der Waals surface area contributed by atoms with Crippen LogP contribution in [-0.4, -0.2) is 29.2 Å². The number of pyridine rings is 1. The lowest BCUT2D eigenvalue weighted by Gasteiger charge is -2.09. The van der Waals surface area contributed by atoms with E-state index in [1.54, 1.807) is 19.0 Å². The Balaban J connectivity index is 1.81. The van der Waals surface area contributed by atoms with Gasteiger partial charge in [0.15, 0.2) is 0 Å². The number of amides is 1. The van der Waals surface area contributed by atoms with Crippen LogP contribution in [0.25, 0.3) is 23.1 Å². The van der Waals surface area contributed by atoms with Gasteiger partial charge in [0.2, 0.25) is 0 Å². The number of rotatable bonds is 3. The van der Waals surface area contributed by atoms with Crippen molar-refractivity contribution in [3.63, 3.8) is 0 Å². The first-order valence-electron chi connectivity index (χ1n) is 7.75. The normalized spacial score (nSPS) is 11.2. The lowest BCUT2D eigenvalue weighted by atomic mass is 10.1. The summed E-state index contributed by atoms with van der Waals surface area (Å²) in [6.45, 7) is 0. The summed E-state index contributed by atoms with van der Waals surface area (Å²) in [5.41, 5.74) is 2.89. The fourth-order valence-electron chi connectivity index (χ4n) is 2.25. The van der Waals surface area contributed by atoms with Gasteiger partial charge in [-0.1, -0.05) is 46.3 Å². The maximum Gasteiger partial charge on any atom is 0.285 e. The van der Waals surface area contributed by atoms with E-state index in [-0.39, 0.29) is 5.24 Å². The van der Waals surface area contributed by atoms with Crippen LogP contribution >= 0.6 is 27.7 Å². The predicted molar refractivity (Wildman–Crippen MR) is 110 cm³/mol. The van der Waals surface area contributed by atoms with Crippen LogP contribution < -0.4 is 0 Å². The molecule has 0 saturated heterocycles. The van der Waals surface area contributed by atoms with Gasteiger partial charge < -0.3 is 4.90 Å². The second-order valence-electron chi connectivity index (χ2n) is 5.74. The van der Waals surface area contributed by atoms with Crippen LogP contribution in [0.4, 0.5) is 4.79 Å². The Morgan fingerprint density at radius 3 is 2.68 bits per heavy atom. The Bertz CT molecular complexity index is 953. The number of thioether (sulfide) groups is 1. The van der Waals surface area contributed by atoms with Crippen LogP contribution in [0.3, 0.4) is 0 Å². The molecule has 1 aromatic heterocycles. The molecule has 126 valence electrons. The molecule has 25 heavy (non-hydrogen) atoms. The topological polar surface area (TPSA) is 33.2 Å². The molecule has 0 atom stereocenters. The van der Waals surface area contributed by atoms with E-state index < -0.39 is 0 Å². The standard InChI is InChI=1S/C20H17BrN2OS/c1-23(2)20(24)25-18-5-3-4-14(12-18)6-10-17-11-8-15-7-9-16(21)13-19(15)22-17/h3-13H,1-2H3. The van der Waals surface area contributed by atoms with Gasteiger partial charge in [-0.25, -0.2) is 4.98 Å². The number of hydrogen-bond acceptors (Lipinski definition) is 3. The molecule has 3 rings (SSSR count). The molecule has 2 aromatic carbocycles. The van der Waals surface area contributed by atoms with Crippen LogP contribution in [0.1, 0.15) is 11.3 Å². The lowest BCUT2D eigenvalue weighted by molar-refractivity contribution is 0.241. The fourth-order valence-corrected chi connectivity index (χ4v) is 3.33. The van der Waals surface area contributed by atoms with Crippen LogP contribution in [0.2, 0.25) is 0 Å². The van der Waals surface area contributed by atoms with Gasteiger partial charge in [-0.05, 0) is 53.7 Å². The van der Waals surface area contributed by atoms with Gasteiger partial charge in [0.25, 0.3) is 5.24 Å². The maximum absolute atomic E-state index is 11.8. The Hall–Kier alpha value is -2.11. The van der Waals surface area contributed by atoms with Gasteiger partial charge in [-0.3, -0.25) is 4.79 Å². The molecular weight excluding hydrogens is 396 g/mol. The first-order chi connectivity index (χ1) is 12.0. The number of nitrogens with zero attached hydrogens (tertiary/aromatic N) is 2. The van der Waals surface area contributed by atoms with Gasteiger partial charge >= 0.3 is 0 Å². The number of benzene rings is 2. The number of halogens is 1. The van der Waals surface area contributed by atoms with E-state index >= 15 is 0 Å². The second-order valence-corrected chi connectivity index (χ2v) is 7.68. The number of hydrogen-bond donors (Lipinski definition) is 0. The summed E-state index contributed by atoms with van der Waals surface area (Å²) in [6.07, 6.45) is 3.99. The average Bonchev–Trinajstić information content (AvgIpc) is 2.59. The van der Waals surface area contributed by atoms with Crippen molar-refractivity contribution in [3.05, 3.63) is 70.3 Å². The number of carbonyl (C=O) groups excluding carboxylic acids is 1. The SMILES string of the molecule is CN(C)C(=O)Sc1cccc(C=Cc2ccc3ccc(Br)cc3n2)c1. The highest BCUT2D eigenvalue weighted by atomic mass is 79.9. The van der Waals surface area contributed by atoms with Crippen molar-refractivity contribution in [1.29, 1.82) is 0 Å². The smallest absolute Gasteiger partial charge is 0.285 e. The summed E-state index contributed by atoms with van der Waals surface area (Å²) in [7, 11) is 3.51. The van der Waals surface area contributed by atoms with Gasteiger partial charge in [0, 0.05) is 28.8 Å². The zero-order chi connectivity index (χ0) is 17.8. The molecule has 0 N–H and O–H groups in total. The predicted octanol–water partition coefficient (Wildman–Crippen LogP) is 5.94. The summed E-state index contributed by atoms with van der Waals surface area (Å²) in [4.78, 5) is 19.0. The molecule has 0 aliphatic rings. The molecule has 0 bridgehead atoms. The van der Waals surface area contributed by atoms with Crippen molar-refractivity contribution >= 4 is 56.0 Å². The van der Waals surface area contributed by atoms with Crippen molar-refractivity contribution in [1.82, 2.24) is 9.88 Å². The lowest BCUT2D eigenvalue weighted by Crippen LogP contribution is -2.15. The van der Waals surface area contributed by atoms with Gasteiger partial charge in [0.05, 0.1) is 11.2 Å². The molecule has 0 fully saturated rings. The molecule has 1 amide bonds. The quantitative estimate of drug-likeness (QED) is 0.498. The fraction of sp³-hybridized carbons (Fsp3) is 0.100. The third kappa shape index (κ3) is 4.71. The minimum Gasteiger partial charge on any atom is -0.339 e. The van der Waals surface area contributed by atoms with Crippen molar-refractivity contribution in [2.24, 2.45) is 0 Å². The highest BCUT2D eigenvalue weighted by molar-refractivity contribution is 9.10. The molecule has 3 nitrogen and oxygen atoms in total. The van der Waals surface area contributed by atoms with E-state index in [1.807, 2.05) is 60.7 Å². The van der Waals surface area contributed by atoms with E-state index in [0.29, 0.717) is 0 Å². The third-order valence-corrected chi connectivity index (χ3v) is 5.07. The maximum atomic E-state index is 11.8. The minimum absolute atomic E-state index is 0.0166. The van der Waals surface area contributed by atoms with Crippen LogP contribution in [-0.2, 0) is 0 Å². The molecule has 0 aliphatic carbocycles. The molecule has 0 aliphatic heterocycles. The minimum atomic E-state index is 0.0166. The zero-order valence-electron chi connectivity index (χ0n) is 13.9. The second kappa shape index (κ2) is 7.85. The molecule has 0 spiro atoms. The summed E-state index contributed by atoms with van der Waals surface area (Å²) in [5, 5.41) is 1.13. The molecule has 0 radical (unpaired) electrons. The number of aromatic nitrogens is 1. The Morgan fingerprint density at radius 2 is 1.88 bits per heavy atom. The van der Waals surface area contributed by atoms with Crippen molar-refractivity contribution in [2.75, 3.05) is 14.1 Å². The Kier molecular flexibility index (Phi) is 5.56. The van der Waals surface area contributed by atoms with Crippen LogP contribution in [0.5, 0.6) is 0 Å². The molecule has 3 aromatic rings. The van der Waals surface area contributed by atoms with Crippen LogP contribution in [0, 0.1) is 0 Å². The van der Waals surface area contributed by atoms with E-state index in [9.17, 15) is 4.79 Å². The number of carbonyl (C=O) groups is 1. The van der Waals surface area contributed by atoms with E-state index in [2.05, 4.69) is 27.0 Å². The summed E-state index contributed by atoms with van der Waals surface area (Å²) >= 11 is 4.70. The zero-order valence-corrected chi connectivity index (χ0v) is 16.3. The molecule has 0 unspecified atom stereocenters. The van der Waals surface area contributed by atoms with Gasteiger partial charge in [0.1, 0.15) is 0 Å². The van der Waals surface area contributed by atoms with Crippen molar-refractivity contribution in [2.45, 2.75) is 4.90 Å². The van der Waals surface area contributed by atoms with Crippen molar-refractivity contribution < 1.29 is 4.79 Å². The molecule has 1 heterocycles. The van der Waals surface area contributed by atoms with E-state index in [1.165, 1.54) is 11.8 Å². The average molecular weight is 413 g/mol. The molecule has 0 saturated carbocycles. The first kappa shape index (κ1) is 17.7. The Labute approximate surface area is 159 Å². The van der Waals surface area contributed by atoms with Crippen molar-refractivity contribution in [3.8, 4) is 0 Å². The summed E-state index contributed by atoms with van der Waals surface area (Å²) in [5.74, 6) is 0. The largest absolute Gasteiger partial charge is 0.339 e. The first-order valence-corrected chi connectivity index (χ1v) is 9.36. The number of fused-ring (bicyclic) bond motifs is 1. The van der Waals surface area contributed by atoms with E-state index in [4.69, 9.17) is 0 Å². The summed E-state index contributed by atoms with van der Waals surface area (Å²) < 4.78 is 1.02. The molecule has 5 heteroatoms. The van der Waals surface area contributed by atoms with E-state index in [0.717, 1.165) is 31.5 Å². The molecular formula is C20H17BrN2OS. The monoisotopic (exact) mass is 412 g/mol. The van der Waals surface area contributed by atoms with Gasteiger partial charge in [-0.2, -0.15) is 0 Å².